The van der Waals surface area contributed by atoms with E-state index in [9.17, 15) is 4.79 Å². The van der Waals surface area contributed by atoms with Crippen LogP contribution in [0, 0.1) is 5.92 Å². The van der Waals surface area contributed by atoms with E-state index in [-0.39, 0.29) is 12.1 Å². The van der Waals surface area contributed by atoms with E-state index in [0.29, 0.717) is 25.7 Å². The molecule has 21 heavy (non-hydrogen) atoms. The van der Waals surface area contributed by atoms with Crippen molar-refractivity contribution in [2.75, 3.05) is 33.0 Å². The van der Waals surface area contributed by atoms with Gasteiger partial charge < -0.3 is 14.2 Å². The number of carbonyl (C=O) groups excluding carboxylic acids is 1. The number of carbonyl (C=O) groups is 1. The third-order valence-corrected chi connectivity index (χ3v) is 4.26. The van der Waals surface area contributed by atoms with Crippen LogP contribution in [-0.4, -0.2) is 50.6 Å². The van der Waals surface area contributed by atoms with Gasteiger partial charge in [-0.3, -0.25) is 5.32 Å². The Morgan fingerprint density at radius 1 is 1.33 bits per heavy atom. The number of hydrogen-bond acceptors (Lipinski definition) is 5. The molecule has 0 bridgehead atoms. The van der Waals surface area contributed by atoms with Gasteiger partial charge in [0.15, 0.2) is 0 Å². The van der Waals surface area contributed by atoms with Crippen LogP contribution in [0.4, 0.5) is 0 Å². The first kappa shape index (κ1) is 16.7. The number of ether oxygens (including phenoxy) is 3. The maximum absolute atomic E-state index is 12.5. The summed E-state index contributed by atoms with van der Waals surface area (Å²) >= 11 is 0. The lowest BCUT2D eigenvalue weighted by Crippen LogP contribution is -2.58. The van der Waals surface area contributed by atoms with Gasteiger partial charge in [0.05, 0.1) is 25.9 Å². The zero-order valence-electron chi connectivity index (χ0n) is 13.4. The summed E-state index contributed by atoms with van der Waals surface area (Å²) in [7, 11) is 0. The fourth-order valence-corrected chi connectivity index (χ4v) is 2.92. The molecular formula is C16H29NO4. The molecule has 1 saturated heterocycles. The van der Waals surface area contributed by atoms with Crippen LogP contribution in [0.25, 0.3) is 0 Å². The molecule has 0 aromatic rings. The minimum Gasteiger partial charge on any atom is -0.465 e. The third-order valence-electron chi connectivity index (χ3n) is 4.26. The van der Waals surface area contributed by atoms with Gasteiger partial charge in [-0.05, 0) is 51.5 Å². The van der Waals surface area contributed by atoms with Crippen molar-refractivity contribution >= 4 is 5.97 Å². The molecule has 5 nitrogen and oxygen atoms in total. The maximum atomic E-state index is 12.5. The van der Waals surface area contributed by atoms with E-state index in [1.165, 1.54) is 0 Å². The standard InChI is InChI=1S/C16H29NO4/c1-3-9-17-16(13-7-8-13,15(18)20-4-2)12-19-11-14-6-5-10-21-14/h13-14,17H,3-12H2,1-2H3. The first-order chi connectivity index (χ1) is 10.2. The van der Waals surface area contributed by atoms with E-state index in [4.69, 9.17) is 14.2 Å². The predicted molar refractivity (Wildman–Crippen MR) is 80.2 cm³/mol. The SMILES string of the molecule is CCCNC(COCC1CCCO1)(C(=O)OCC)C1CC1. The summed E-state index contributed by atoms with van der Waals surface area (Å²) in [5.41, 5.74) is -0.662. The lowest BCUT2D eigenvalue weighted by molar-refractivity contribution is -0.156. The van der Waals surface area contributed by atoms with Crippen LogP contribution in [0.3, 0.4) is 0 Å². The Bertz CT molecular complexity index is 326. The molecule has 2 atom stereocenters. The summed E-state index contributed by atoms with van der Waals surface area (Å²) < 4.78 is 16.7. The minimum atomic E-state index is -0.662. The van der Waals surface area contributed by atoms with Crippen molar-refractivity contribution in [1.82, 2.24) is 5.32 Å². The van der Waals surface area contributed by atoms with Gasteiger partial charge in [0.1, 0.15) is 5.54 Å². The molecule has 0 spiro atoms. The highest BCUT2D eigenvalue weighted by atomic mass is 16.5. The topological polar surface area (TPSA) is 56.8 Å². The van der Waals surface area contributed by atoms with E-state index >= 15 is 0 Å². The average Bonchev–Trinajstić information content (AvgIpc) is 3.21. The Balaban J connectivity index is 1.93. The van der Waals surface area contributed by atoms with Gasteiger partial charge in [-0.2, -0.15) is 0 Å². The largest absolute Gasteiger partial charge is 0.465 e. The summed E-state index contributed by atoms with van der Waals surface area (Å²) in [6, 6.07) is 0. The second-order valence-electron chi connectivity index (χ2n) is 6.04. The molecule has 0 aromatic heterocycles. The number of nitrogens with one attached hydrogen (secondary N) is 1. The van der Waals surface area contributed by atoms with Crippen LogP contribution in [0.1, 0.15) is 46.0 Å². The van der Waals surface area contributed by atoms with E-state index in [2.05, 4.69) is 12.2 Å². The monoisotopic (exact) mass is 299 g/mol. The normalized spacial score (nSPS) is 24.8. The first-order valence-corrected chi connectivity index (χ1v) is 8.34. The summed E-state index contributed by atoms with van der Waals surface area (Å²) in [5, 5.41) is 3.41. The van der Waals surface area contributed by atoms with Crippen molar-refractivity contribution < 1.29 is 19.0 Å². The second-order valence-corrected chi connectivity index (χ2v) is 6.04. The van der Waals surface area contributed by atoms with Crippen LogP contribution >= 0.6 is 0 Å². The fraction of sp³-hybridized carbons (Fsp3) is 0.938. The van der Waals surface area contributed by atoms with Crippen molar-refractivity contribution in [3.05, 3.63) is 0 Å². The highest BCUT2D eigenvalue weighted by Gasteiger charge is 2.52. The molecule has 0 radical (unpaired) electrons. The van der Waals surface area contributed by atoms with Crippen molar-refractivity contribution in [3.63, 3.8) is 0 Å². The summed E-state index contributed by atoms with van der Waals surface area (Å²) in [5.74, 6) is 0.181. The van der Waals surface area contributed by atoms with E-state index < -0.39 is 5.54 Å². The molecule has 1 aliphatic carbocycles. The Morgan fingerprint density at radius 3 is 2.71 bits per heavy atom. The Morgan fingerprint density at radius 2 is 2.14 bits per heavy atom. The van der Waals surface area contributed by atoms with E-state index in [0.717, 1.165) is 45.3 Å². The average molecular weight is 299 g/mol. The molecule has 0 amide bonds. The van der Waals surface area contributed by atoms with Gasteiger partial charge in [-0.25, -0.2) is 4.79 Å². The molecule has 5 heteroatoms. The molecule has 2 aliphatic rings. The predicted octanol–water partition coefficient (Wildman–Crippen LogP) is 1.89. The van der Waals surface area contributed by atoms with Crippen molar-refractivity contribution in [3.8, 4) is 0 Å². The Hall–Kier alpha value is -0.650. The quantitative estimate of drug-likeness (QED) is 0.624. The first-order valence-electron chi connectivity index (χ1n) is 8.34. The zero-order valence-corrected chi connectivity index (χ0v) is 13.4. The van der Waals surface area contributed by atoms with E-state index in [1.54, 1.807) is 0 Å². The molecular weight excluding hydrogens is 270 g/mol. The highest BCUT2D eigenvalue weighted by molar-refractivity contribution is 5.82. The molecule has 0 aromatic carbocycles. The Kier molecular flexibility index (Phi) is 6.45. The molecule has 1 heterocycles. The van der Waals surface area contributed by atoms with E-state index in [1.807, 2.05) is 6.92 Å². The maximum Gasteiger partial charge on any atom is 0.329 e. The molecule has 2 unspecified atom stereocenters. The molecule has 122 valence electrons. The van der Waals surface area contributed by atoms with Crippen molar-refractivity contribution in [2.24, 2.45) is 5.92 Å². The number of esters is 1. The summed E-state index contributed by atoms with van der Waals surface area (Å²) in [6.07, 6.45) is 5.47. The summed E-state index contributed by atoms with van der Waals surface area (Å²) in [4.78, 5) is 12.5. The summed E-state index contributed by atoms with van der Waals surface area (Å²) in [6.45, 7) is 6.95. The van der Waals surface area contributed by atoms with Crippen LogP contribution in [-0.2, 0) is 19.0 Å². The smallest absolute Gasteiger partial charge is 0.329 e. The van der Waals surface area contributed by atoms with Gasteiger partial charge in [-0.15, -0.1) is 0 Å². The van der Waals surface area contributed by atoms with Crippen LogP contribution in [0.5, 0.6) is 0 Å². The van der Waals surface area contributed by atoms with Gasteiger partial charge in [0.2, 0.25) is 0 Å². The van der Waals surface area contributed by atoms with Crippen molar-refractivity contribution in [2.45, 2.75) is 57.6 Å². The fourth-order valence-electron chi connectivity index (χ4n) is 2.92. The molecule has 1 saturated carbocycles. The van der Waals surface area contributed by atoms with Gasteiger partial charge >= 0.3 is 5.97 Å². The molecule has 1 aliphatic heterocycles. The number of hydrogen-bond donors (Lipinski definition) is 1. The lowest BCUT2D eigenvalue weighted by Gasteiger charge is -2.33. The second kappa shape index (κ2) is 8.11. The van der Waals surface area contributed by atoms with Crippen LogP contribution < -0.4 is 5.32 Å². The minimum absolute atomic E-state index is 0.159. The van der Waals surface area contributed by atoms with Crippen LogP contribution in [0.2, 0.25) is 0 Å². The van der Waals surface area contributed by atoms with Gasteiger partial charge in [0, 0.05) is 6.61 Å². The van der Waals surface area contributed by atoms with Gasteiger partial charge in [-0.1, -0.05) is 6.92 Å². The molecule has 1 N–H and O–H groups in total. The lowest BCUT2D eigenvalue weighted by atomic mass is 9.93. The number of rotatable bonds is 10. The molecule has 2 fully saturated rings. The third kappa shape index (κ3) is 4.41. The highest BCUT2D eigenvalue weighted by Crippen LogP contribution is 2.41. The van der Waals surface area contributed by atoms with Crippen LogP contribution in [0.15, 0.2) is 0 Å². The molecule has 2 rings (SSSR count). The van der Waals surface area contributed by atoms with Crippen molar-refractivity contribution in [1.29, 1.82) is 0 Å². The Labute approximate surface area is 127 Å². The van der Waals surface area contributed by atoms with Gasteiger partial charge in [0.25, 0.3) is 0 Å². The zero-order chi connectivity index (χ0) is 15.1.